The van der Waals surface area contributed by atoms with Crippen molar-refractivity contribution in [2.75, 3.05) is 13.2 Å². The summed E-state index contributed by atoms with van der Waals surface area (Å²) < 4.78 is 48.0. The molecule has 0 amide bonds. The van der Waals surface area contributed by atoms with E-state index in [9.17, 15) is 39.0 Å². The Balaban J connectivity index is 2.57. The summed E-state index contributed by atoms with van der Waals surface area (Å²) in [6.45, 7) is 5.14. The zero-order valence-electron chi connectivity index (χ0n) is 23.2. The second-order valence-corrected chi connectivity index (χ2v) is 9.10. The number of carbonyl (C=O) groups excluding carboxylic acids is 6. The topological polar surface area (TPSA) is 226 Å². The van der Waals surface area contributed by atoms with Gasteiger partial charge in [0.1, 0.15) is 37.6 Å². The van der Waals surface area contributed by atoms with Gasteiger partial charge in [-0.2, -0.15) is 0 Å². The van der Waals surface area contributed by atoms with E-state index in [1.54, 1.807) is 0 Å². The lowest BCUT2D eigenvalue weighted by Gasteiger charge is -2.47. The van der Waals surface area contributed by atoms with Crippen LogP contribution in [0.15, 0.2) is 0 Å². The Morgan fingerprint density at radius 3 is 1.46 bits per heavy atom. The summed E-state index contributed by atoms with van der Waals surface area (Å²) in [5.41, 5.74) is 0. The van der Waals surface area contributed by atoms with Crippen LogP contribution in [0.5, 0.6) is 0 Å². The molecule has 0 spiro atoms. The van der Waals surface area contributed by atoms with E-state index in [0.717, 1.165) is 41.5 Å². The first kappa shape index (κ1) is 33.8. The lowest BCUT2D eigenvalue weighted by atomic mass is 9.96. The van der Waals surface area contributed by atoms with Crippen LogP contribution in [0.25, 0.3) is 0 Å². The number of carbonyl (C=O) groups is 6. The Kier molecular flexibility index (Phi) is 12.4. The second kappa shape index (κ2) is 15.0. The summed E-state index contributed by atoms with van der Waals surface area (Å²) in [5, 5.41) is 21.4. The van der Waals surface area contributed by atoms with E-state index in [1.807, 2.05) is 0 Å². The highest BCUT2D eigenvalue weighted by molar-refractivity contribution is 5.68. The first-order chi connectivity index (χ1) is 19.1. The van der Waals surface area contributed by atoms with Crippen LogP contribution >= 0.6 is 0 Å². The van der Waals surface area contributed by atoms with Gasteiger partial charge >= 0.3 is 35.8 Å². The van der Waals surface area contributed by atoms with Crippen molar-refractivity contribution < 1.29 is 81.6 Å². The molecule has 0 bridgehead atoms. The van der Waals surface area contributed by atoms with Gasteiger partial charge in [-0.1, -0.05) is 0 Å². The first-order valence-corrected chi connectivity index (χ1v) is 12.4. The first-order valence-electron chi connectivity index (χ1n) is 12.4. The predicted molar refractivity (Wildman–Crippen MR) is 126 cm³/mol. The number of ether oxygens (including phenoxy) is 9. The molecule has 2 aliphatic heterocycles. The quantitative estimate of drug-likeness (QED) is 0.206. The molecule has 10 atom stereocenters. The Hall–Kier alpha value is -3.38. The molecule has 2 heterocycles. The number of hydrogen-bond acceptors (Lipinski definition) is 17. The molecule has 0 aliphatic carbocycles. The van der Waals surface area contributed by atoms with Crippen molar-refractivity contribution in [2.24, 2.45) is 0 Å². The molecule has 2 aliphatic rings. The highest BCUT2D eigenvalue weighted by Crippen LogP contribution is 2.33. The van der Waals surface area contributed by atoms with Crippen molar-refractivity contribution in [1.29, 1.82) is 0 Å². The van der Waals surface area contributed by atoms with Gasteiger partial charge in [-0.25, -0.2) is 0 Å². The van der Waals surface area contributed by atoms with Crippen molar-refractivity contribution in [3.63, 3.8) is 0 Å². The average molecular weight is 595 g/mol. The maximum Gasteiger partial charge on any atom is 0.303 e. The molecular formula is C24H34O17. The number of hydrogen-bond donors (Lipinski definition) is 2. The lowest BCUT2D eigenvalue weighted by Crippen LogP contribution is -2.66. The number of aliphatic hydroxyl groups excluding tert-OH is 2. The molecule has 2 saturated heterocycles. The van der Waals surface area contributed by atoms with E-state index in [1.165, 1.54) is 0 Å². The largest absolute Gasteiger partial charge is 0.463 e. The molecule has 2 rings (SSSR count). The zero-order chi connectivity index (χ0) is 31.0. The minimum atomic E-state index is -1.88. The highest BCUT2D eigenvalue weighted by atomic mass is 16.8. The van der Waals surface area contributed by atoms with Crippen LogP contribution in [0.1, 0.15) is 41.5 Å². The predicted octanol–water partition coefficient (Wildman–Crippen LogP) is -1.97. The number of aliphatic hydroxyl groups is 2. The summed E-state index contributed by atoms with van der Waals surface area (Å²) >= 11 is 0. The Bertz CT molecular complexity index is 981. The van der Waals surface area contributed by atoms with Crippen LogP contribution in [-0.4, -0.2) is 121 Å². The molecule has 232 valence electrons. The van der Waals surface area contributed by atoms with Gasteiger partial charge in [0, 0.05) is 41.5 Å². The van der Waals surface area contributed by atoms with Gasteiger partial charge in [-0.3, -0.25) is 28.8 Å². The van der Waals surface area contributed by atoms with Crippen LogP contribution in [0.3, 0.4) is 0 Å². The maximum atomic E-state index is 12.0. The molecule has 0 aromatic carbocycles. The molecule has 2 fully saturated rings. The third-order valence-electron chi connectivity index (χ3n) is 5.63. The summed E-state index contributed by atoms with van der Waals surface area (Å²) in [5.74, 6) is -5.07. The van der Waals surface area contributed by atoms with Gasteiger partial charge in [0.25, 0.3) is 0 Å². The minimum Gasteiger partial charge on any atom is -0.463 e. The van der Waals surface area contributed by atoms with Gasteiger partial charge < -0.3 is 52.8 Å². The normalized spacial score (nSPS) is 33.1. The van der Waals surface area contributed by atoms with Crippen molar-refractivity contribution in [3.05, 3.63) is 0 Å². The molecule has 0 radical (unpaired) electrons. The molecule has 17 nitrogen and oxygen atoms in total. The van der Waals surface area contributed by atoms with Gasteiger partial charge in [0.2, 0.25) is 0 Å². The Morgan fingerprint density at radius 1 is 0.537 bits per heavy atom. The van der Waals surface area contributed by atoms with E-state index in [-0.39, 0.29) is 0 Å². The number of esters is 6. The third-order valence-corrected chi connectivity index (χ3v) is 5.63. The molecule has 0 aromatic rings. The third kappa shape index (κ3) is 9.89. The maximum absolute atomic E-state index is 12.0. The van der Waals surface area contributed by atoms with Crippen LogP contribution in [0.4, 0.5) is 0 Å². The van der Waals surface area contributed by atoms with E-state index >= 15 is 0 Å². The van der Waals surface area contributed by atoms with Crippen molar-refractivity contribution >= 4 is 35.8 Å². The fourth-order valence-corrected chi connectivity index (χ4v) is 4.17. The average Bonchev–Trinajstić information content (AvgIpc) is 2.83. The molecule has 17 heteroatoms. The van der Waals surface area contributed by atoms with E-state index < -0.39 is 110 Å². The molecule has 0 unspecified atom stereocenters. The molecular weight excluding hydrogens is 560 g/mol. The SMILES string of the molecule is CC(=O)OC[C@H]1O[C@H](O[C@H]2[C@H](OC(C)=O)[C@@H](OC(C)=O)[C@H](O)O[C@@H]2COC(C)=O)[C@H](OC(C)=O)[C@@H](OC(C)=O)[C@@H]1O. The molecule has 41 heavy (non-hydrogen) atoms. The van der Waals surface area contributed by atoms with Crippen molar-refractivity contribution in [3.8, 4) is 0 Å². The fourth-order valence-electron chi connectivity index (χ4n) is 4.17. The van der Waals surface area contributed by atoms with Crippen LogP contribution < -0.4 is 0 Å². The smallest absolute Gasteiger partial charge is 0.303 e. The van der Waals surface area contributed by atoms with E-state index in [4.69, 9.17) is 42.6 Å². The lowest BCUT2D eigenvalue weighted by molar-refractivity contribution is -0.357. The number of rotatable bonds is 10. The van der Waals surface area contributed by atoms with Crippen LogP contribution in [-0.2, 0) is 71.4 Å². The monoisotopic (exact) mass is 594 g/mol. The van der Waals surface area contributed by atoms with Gasteiger partial charge in [0.15, 0.2) is 37.0 Å². The van der Waals surface area contributed by atoms with E-state index in [0.29, 0.717) is 0 Å². The van der Waals surface area contributed by atoms with Gasteiger partial charge in [-0.15, -0.1) is 0 Å². The second-order valence-electron chi connectivity index (χ2n) is 9.10. The van der Waals surface area contributed by atoms with Crippen molar-refractivity contribution in [2.45, 2.75) is 103 Å². The van der Waals surface area contributed by atoms with Crippen LogP contribution in [0.2, 0.25) is 0 Å². The summed E-state index contributed by atoms with van der Waals surface area (Å²) in [6, 6.07) is 0. The summed E-state index contributed by atoms with van der Waals surface area (Å²) in [4.78, 5) is 70.6. The minimum absolute atomic E-state index is 0.554. The molecule has 0 saturated carbocycles. The molecule has 0 aromatic heterocycles. The Labute approximate surface area is 234 Å². The fraction of sp³-hybridized carbons (Fsp3) is 0.750. The summed E-state index contributed by atoms with van der Waals surface area (Å²) in [7, 11) is 0. The summed E-state index contributed by atoms with van der Waals surface area (Å²) in [6.07, 6.45) is -16.3. The van der Waals surface area contributed by atoms with Gasteiger partial charge in [-0.05, 0) is 0 Å². The molecule has 2 N–H and O–H groups in total. The highest BCUT2D eigenvalue weighted by Gasteiger charge is 2.56. The van der Waals surface area contributed by atoms with Crippen molar-refractivity contribution in [1.82, 2.24) is 0 Å². The zero-order valence-corrected chi connectivity index (χ0v) is 23.2. The Morgan fingerprint density at radius 2 is 0.976 bits per heavy atom. The van der Waals surface area contributed by atoms with E-state index in [2.05, 4.69) is 0 Å². The van der Waals surface area contributed by atoms with Crippen LogP contribution in [0, 0.1) is 0 Å². The van der Waals surface area contributed by atoms with Gasteiger partial charge in [0.05, 0.1) is 0 Å². The standard InChI is InChI=1S/C24H34O17/c1-9(25)33-7-15-17(31)19(35-11(3)27)22(38-14(6)30)24(40-15)41-18-16(8-34-10(2)26)39-23(32)21(37-13(5)29)20(18)36-12(4)28/h15-24,31-32H,7-8H2,1-6H3/t15-,16-,17-,18-,19+,20+,21-,22-,23-,24-/m1/s1.